The summed E-state index contributed by atoms with van der Waals surface area (Å²) in [4.78, 5) is 30.4. The quantitative estimate of drug-likeness (QED) is 0.736. The largest absolute Gasteiger partial charge is 0.449 e. The number of urea groups is 1. The average Bonchev–Trinajstić information content (AvgIpc) is 2.82. The van der Waals surface area contributed by atoms with Gasteiger partial charge in [0.1, 0.15) is 0 Å². The molecule has 0 radical (unpaired) electrons. The van der Waals surface area contributed by atoms with Gasteiger partial charge in [0.2, 0.25) is 0 Å². The minimum Gasteiger partial charge on any atom is -0.449 e. The molecule has 0 unspecified atom stereocenters. The van der Waals surface area contributed by atoms with Gasteiger partial charge in [-0.15, -0.1) is 0 Å². The zero-order chi connectivity index (χ0) is 16.9. The predicted octanol–water partition coefficient (Wildman–Crippen LogP) is 1.79. The molecule has 3 aliphatic carbocycles. The summed E-state index contributed by atoms with van der Waals surface area (Å²) >= 11 is 0. The Morgan fingerprint density at radius 2 is 2.08 bits per heavy atom. The molecule has 5 fully saturated rings. The monoisotopic (exact) mass is 332 g/mol. The topological polar surface area (TPSA) is 76.9 Å². The van der Waals surface area contributed by atoms with Gasteiger partial charge in [-0.05, 0) is 25.7 Å². The van der Waals surface area contributed by atoms with Crippen LogP contribution in [0.5, 0.6) is 0 Å². The van der Waals surface area contributed by atoms with Gasteiger partial charge in [0.25, 0.3) is 0 Å². The molecule has 0 aromatic heterocycles. The summed E-state index contributed by atoms with van der Waals surface area (Å²) < 4.78 is 5.29. The smallest absolute Gasteiger partial charge is 0.409 e. The molecule has 5 aliphatic rings. The molecule has 0 spiro atoms. The highest BCUT2D eigenvalue weighted by Crippen LogP contribution is 2.70. The molecule has 2 aliphatic heterocycles. The summed E-state index contributed by atoms with van der Waals surface area (Å²) in [5, 5.41) is 9.18. The number of carbonyl (C=O) groups excluding carboxylic acids is 2. The molecule has 7 heteroatoms. The summed E-state index contributed by atoms with van der Waals surface area (Å²) in [6.07, 6.45) is 4.09. The normalized spacial score (nSPS) is 36.6. The third-order valence-corrected chi connectivity index (χ3v) is 6.15. The first-order chi connectivity index (χ1) is 11.5. The third-order valence-electron chi connectivity index (χ3n) is 6.15. The van der Waals surface area contributed by atoms with E-state index in [1.165, 1.54) is 0 Å². The Kier molecular flexibility index (Phi) is 3.41. The zero-order valence-corrected chi connectivity index (χ0v) is 14.2. The molecular weight excluding hydrogens is 308 g/mol. The van der Waals surface area contributed by atoms with Crippen molar-refractivity contribution >= 4 is 12.1 Å². The van der Waals surface area contributed by atoms with Crippen LogP contribution in [0.15, 0.2) is 0 Å². The van der Waals surface area contributed by atoms with Gasteiger partial charge in [0.05, 0.1) is 24.1 Å². The Morgan fingerprint density at radius 1 is 1.33 bits per heavy atom. The number of piperazine rings is 1. The van der Waals surface area contributed by atoms with Crippen LogP contribution in [0.2, 0.25) is 0 Å². The van der Waals surface area contributed by atoms with E-state index in [0.717, 1.165) is 32.1 Å². The summed E-state index contributed by atoms with van der Waals surface area (Å²) in [7, 11) is 0. The van der Waals surface area contributed by atoms with E-state index < -0.39 is 0 Å². The van der Waals surface area contributed by atoms with Gasteiger partial charge in [0.15, 0.2) is 0 Å². The Balaban J connectivity index is 1.35. The van der Waals surface area contributed by atoms with E-state index >= 15 is 0 Å². The fourth-order valence-electron chi connectivity index (χ4n) is 4.80. The van der Waals surface area contributed by atoms with E-state index in [4.69, 9.17) is 4.74 Å². The lowest BCUT2D eigenvalue weighted by Gasteiger charge is -2.69. The molecule has 2 saturated heterocycles. The number of rotatable bonds is 4. The van der Waals surface area contributed by atoms with Crippen molar-refractivity contribution in [2.24, 2.45) is 5.41 Å². The van der Waals surface area contributed by atoms with Gasteiger partial charge < -0.3 is 19.4 Å². The third kappa shape index (κ3) is 2.08. The van der Waals surface area contributed by atoms with Crippen molar-refractivity contribution in [3.8, 4) is 6.07 Å². The Bertz CT molecular complexity index is 594. The van der Waals surface area contributed by atoms with Gasteiger partial charge in [-0.25, -0.2) is 9.59 Å². The minimum absolute atomic E-state index is 0.0528. The van der Waals surface area contributed by atoms with Gasteiger partial charge in [-0.1, -0.05) is 13.3 Å². The molecule has 0 N–H and O–H groups in total. The van der Waals surface area contributed by atoms with Crippen LogP contribution in [-0.4, -0.2) is 71.2 Å². The van der Waals surface area contributed by atoms with Crippen LogP contribution in [0, 0.1) is 16.7 Å². The van der Waals surface area contributed by atoms with Gasteiger partial charge in [-0.3, -0.25) is 0 Å². The first-order valence-corrected chi connectivity index (χ1v) is 8.94. The highest BCUT2D eigenvalue weighted by molar-refractivity contribution is 5.80. The number of hydrogen-bond donors (Lipinski definition) is 0. The number of ether oxygens (including phenoxy) is 1. The molecule has 5 rings (SSSR count). The minimum atomic E-state index is -0.261. The maximum absolute atomic E-state index is 12.7. The Morgan fingerprint density at radius 3 is 2.75 bits per heavy atom. The highest BCUT2D eigenvalue weighted by atomic mass is 16.6. The van der Waals surface area contributed by atoms with E-state index in [0.29, 0.717) is 32.8 Å². The van der Waals surface area contributed by atoms with Crippen LogP contribution in [0.3, 0.4) is 0 Å². The molecule has 3 saturated carbocycles. The van der Waals surface area contributed by atoms with Crippen molar-refractivity contribution in [3.63, 3.8) is 0 Å². The summed E-state index contributed by atoms with van der Waals surface area (Å²) in [5.41, 5.74) is -0.227. The van der Waals surface area contributed by atoms with E-state index in [1.54, 1.807) is 4.90 Å². The van der Waals surface area contributed by atoms with Crippen LogP contribution in [0.25, 0.3) is 0 Å². The lowest BCUT2D eigenvalue weighted by molar-refractivity contribution is -0.163. The summed E-state index contributed by atoms with van der Waals surface area (Å²) in [6.45, 7) is 4.85. The van der Waals surface area contributed by atoms with Crippen molar-refractivity contribution < 1.29 is 14.3 Å². The van der Waals surface area contributed by atoms with Crippen molar-refractivity contribution in [1.29, 1.82) is 5.26 Å². The Labute approximate surface area is 142 Å². The molecule has 24 heavy (non-hydrogen) atoms. The van der Waals surface area contributed by atoms with Crippen LogP contribution in [-0.2, 0) is 4.74 Å². The molecule has 130 valence electrons. The number of nitriles is 1. The fourth-order valence-corrected chi connectivity index (χ4v) is 4.80. The SMILES string of the molecule is CCCCOC(=O)N1CCN2C(=O)N(C34CC(C#N)(C3)C4)C[C@@H]2C1. The van der Waals surface area contributed by atoms with Crippen molar-refractivity contribution in [2.45, 2.75) is 50.6 Å². The first kappa shape index (κ1) is 15.6. The molecule has 0 aromatic carbocycles. The molecule has 1 atom stereocenters. The zero-order valence-electron chi connectivity index (χ0n) is 14.2. The van der Waals surface area contributed by atoms with Crippen molar-refractivity contribution in [1.82, 2.24) is 14.7 Å². The van der Waals surface area contributed by atoms with Gasteiger partial charge in [0, 0.05) is 31.7 Å². The maximum Gasteiger partial charge on any atom is 0.409 e. The Hall–Kier alpha value is -1.97. The van der Waals surface area contributed by atoms with Gasteiger partial charge >= 0.3 is 12.1 Å². The van der Waals surface area contributed by atoms with Crippen molar-refractivity contribution in [2.75, 3.05) is 32.8 Å². The molecule has 0 aromatic rings. The highest BCUT2D eigenvalue weighted by Gasteiger charge is 2.73. The van der Waals surface area contributed by atoms with Crippen LogP contribution in [0.1, 0.15) is 39.0 Å². The molecular formula is C17H24N4O3. The fraction of sp³-hybridized carbons (Fsp3) is 0.824. The maximum atomic E-state index is 12.7. The second-order valence-electron chi connectivity index (χ2n) is 7.80. The predicted molar refractivity (Wildman–Crippen MR) is 85.1 cm³/mol. The second-order valence-corrected chi connectivity index (χ2v) is 7.80. The number of amides is 3. The molecule has 3 amide bonds. The second kappa shape index (κ2) is 5.27. The lowest BCUT2D eigenvalue weighted by Crippen LogP contribution is -2.74. The summed E-state index contributed by atoms with van der Waals surface area (Å²) in [6, 6.07) is 2.54. The number of fused-ring (bicyclic) bond motifs is 1. The van der Waals surface area contributed by atoms with Crippen LogP contribution < -0.4 is 0 Å². The molecule has 7 nitrogen and oxygen atoms in total. The summed E-state index contributed by atoms with van der Waals surface area (Å²) in [5.74, 6) is 0. The van der Waals surface area contributed by atoms with Crippen LogP contribution in [0.4, 0.5) is 9.59 Å². The standard InChI is InChI=1S/C17H24N4O3/c1-2-3-6-24-15(23)19-4-5-20-13(7-19)8-21(14(20)22)17-9-16(10-17,11-17)12-18/h13H,2-11H2,1H3/t13-,16?,17?/m0/s1. The number of hydrogen-bond acceptors (Lipinski definition) is 4. The first-order valence-electron chi connectivity index (χ1n) is 8.94. The van der Waals surface area contributed by atoms with Crippen LogP contribution >= 0.6 is 0 Å². The lowest BCUT2D eigenvalue weighted by atomic mass is 9.39. The molecule has 2 bridgehead atoms. The number of nitrogens with zero attached hydrogens (tertiary/aromatic N) is 4. The number of unbranched alkanes of at least 4 members (excludes halogenated alkanes) is 1. The average molecular weight is 332 g/mol. The van der Waals surface area contributed by atoms with E-state index in [-0.39, 0.29) is 29.1 Å². The van der Waals surface area contributed by atoms with E-state index in [1.807, 2.05) is 9.80 Å². The van der Waals surface area contributed by atoms with Gasteiger partial charge in [-0.2, -0.15) is 5.26 Å². The van der Waals surface area contributed by atoms with Crippen molar-refractivity contribution in [3.05, 3.63) is 0 Å². The molecule has 2 heterocycles. The van der Waals surface area contributed by atoms with E-state index in [2.05, 4.69) is 13.0 Å². The number of carbonyl (C=O) groups is 2. The van der Waals surface area contributed by atoms with E-state index in [9.17, 15) is 14.9 Å².